The number of carbonyl (C=O) groups is 2. The third-order valence-electron chi connectivity index (χ3n) is 8.39. The summed E-state index contributed by atoms with van der Waals surface area (Å²) in [5.74, 6) is -2.65. The van der Waals surface area contributed by atoms with E-state index in [1.165, 1.54) is 0 Å². The second-order valence-electron chi connectivity index (χ2n) is 9.27. The minimum absolute atomic E-state index is 0.0520. The largest absolute Gasteiger partial charge is 0.481 e. The molecule has 4 aliphatic carbocycles. The van der Waals surface area contributed by atoms with Crippen LogP contribution in [0.15, 0.2) is 12.2 Å². The summed E-state index contributed by atoms with van der Waals surface area (Å²) in [6.07, 6.45) is 0.695. The predicted molar refractivity (Wildman–Crippen MR) is 85.2 cm³/mol. The van der Waals surface area contributed by atoms with Gasteiger partial charge in [0.05, 0.1) is 17.4 Å². The average molecular weight is 348 g/mol. The molecule has 3 N–H and O–H groups in total. The molecule has 1 heterocycles. The molecule has 4 saturated carbocycles. The molecular weight excluding hydrogens is 324 g/mol. The highest BCUT2D eigenvalue weighted by atomic mass is 16.6. The molecule has 0 amide bonds. The summed E-state index contributed by atoms with van der Waals surface area (Å²) in [5.41, 5.74) is -1.77. The van der Waals surface area contributed by atoms with Gasteiger partial charge in [-0.05, 0) is 50.4 Å². The van der Waals surface area contributed by atoms with E-state index in [0.29, 0.717) is 18.8 Å². The van der Waals surface area contributed by atoms with Crippen molar-refractivity contribution in [1.82, 2.24) is 0 Å². The number of carboxylic acids is 1. The summed E-state index contributed by atoms with van der Waals surface area (Å²) >= 11 is 0. The minimum Gasteiger partial charge on any atom is -0.481 e. The quantitative estimate of drug-likeness (QED) is 0.484. The zero-order chi connectivity index (χ0) is 17.9. The smallest absolute Gasteiger partial charge is 0.313 e. The number of aliphatic hydroxyl groups is 2. The first-order chi connectivity index (χ1) is 11.7. The number of allylic oxidation sites excluding steroid dienone is 1. The van der Waals surface area contributed by atoms with Gasteiger partial charge in [0.15, 0.2) is 0 Å². The molecule has 6 nitrogen and oxygen atoms in total. The number of carboxylic acid groups (broad SMARTS) is 1. The third kappa shape index (κ3) is 1.44. The van der Waals surface area contributed by atoms with Crippen molar-refractivity contribution in [2.24, 2.45) is 34.5 Å². The molecule has 1 aliphatic heterocycles. The van der Waals surface area contributed by atoms with Gasteiger partial charge in [0.1, 0.15) is 11.7 Å². The Morgan fingerprint density at radius 1 is 1.28 bits per heavy atom. The average Bonchev–Trinajstić information content (AvgIpc) is 3.00. The molecule has 6 heteroatoms. The Balaban J connectivity index is 1.78. The van der Waals surface area contributed by atoms with Crippen molar-refractivity contribution in [3.8, 4) is 0 Å². The maximum atomic E-state index is 12.7. The highest BCUT2D eigenvalue weighted by Gasteiger charge is 2.85. The van der Waals surface area contributed by atoms with E-state index < -0.39 is 52.4 Å². The Labute approximate surface area is 145 Å². The van der Waals surface area contributed by atoms with Crippen LogP contribution >= 0.6 is 0 Å². The normalized spacial score (nSPS) is 58.7. The lowest BCUT2D eigenvalue weighted by Crippen LogP contribution is -2.61. The zero-order valence-electron chi connectivity index (χ0n) is 14.3. The lowest BCUT2D eigenvalue weighted by molar-refractivity contribution is -0.192. The number of aliphatic carboxylic acids is 1. The van der Waals surface area contributed by atoms with Crippen molar-refractivity contribution in [2.45, 2.75) is 56.8 Å². The second-order valence-corrected chi connectivity index (χ2v) is 9.27. The van der Waals surface area contributed by atoms with E-state index >= 15 is 0 Å². The van der Waals surface area contributed by atoms with Crippen LogP contribution in [0.1, 0.15) is 39.0 Å². The maximum Gasteiger partial charge on any atom is 0.313 e. The van der Waals surface area contributed by atoms with Crippen molar-refractivity contribution in [1.29, 1.82) is 0 Å². The molecular formula is C19H24O6. The minimum atomic E-state index is -1.28. The fourth-order valence-electron chi connectivity index (χ4n) is 7.71. The maximum absolute atomic E-state index is 12.7. The summed E-state index contributed by atoms with van der Waals surface area (Å²) in [4.78, 5) is 25.1. The first-order valence-corrected chi connectivity index (χ1v) is 9.18. The van der Waals surface area contributed by atoms with Crippen LogP contribution in [0.2, 0.25) is 0 Å². The number of hydrogen-bond donors (Lipinski definition) is 3. The van der Waals surface area contributed by atoms with Gasteiger partial charge in [0, 0.05) is 11.8 Å². The van der Waals surface area contributed by atoms with Gasteiger partial charge in [0.2, 0.25) is 0 Å². The van der Waals surface area contributed by atoms with Crippen molar-refractivity contribution < 1.29 is 29.6 Å². The van der Waals surface area contributed by atoms with Crippen LogP contribution in [-0.2, 0) is 14.3 Å². The van der Waals surface area contributed by atoms with E-state index in [1.807, 2.05) is 0 Å². The molecule has 0 radical (unpaired) electrons. The van der Waals surface area contributed by atoms with Crippen LogP contribution in [0.3, 0.4) is 0 Å². The van der Waals surface area contributed by atoms with E-state index in [9.17, 15) is 24.9 Å². The van der Waals surface area contributed by atoms with Crippen LogP contribution in [0.5, 0.6) is 0 Å². The number of esters is 1. The van der Waals surface area contributed by atoms with Crippen LogP contribution in [0.4, 0.5) is 0 Å². The van der Waals surface area contributed by atoms with Gasteiger partial charge < -0.3 is 20.1 Å². The van der Waals surface area contributed by atoms with Gasteiger partial charge in [-0.1, -0.05) is 12.2 Å². The zero-order valence-corrected chi connectivity index (χ0v) is 14.3. The molecule has 0 aromatic rings. The molecule has 25 heavy (non-hydrogen) atoms. The molecule has 1 saturated heterocycles. The molecule has 1 spiro atoms. The number of fused-ring (bicyclic) bond motifs is 1. The van der Waals surface area contributed by atoms with Gasteiger partial charge in [-0.2, -0.15) is 0 Å². The first-order valence-electron chi connectivity index (χ1n) is 9.18. The van der Waals surface area contributed by atoms with Gasteiger partial charge in [-0.15, -0.1) is 0 Å². The Kier molecular flexibility index (Phi) is 2.71. The molecule has 4 bridgehead atoms. The monoisotopic (exact) mass is 348 g/mol. The molecule has 136 valence electrons. The topological polar surface area (TPSA) is 104 Å². The molecule has 5 rings (SSSR count). The molecule has 5 aliphatic rings. The molecule has 9 atom stereocenters. The Hall–Kier alpha value is -1.40. The summed E-state index contributed by atoms with van der Waals surface area (Å²) in [7, 11) is 0. The molecule has 0 unspecified atom stereocenters. The summed E-state index contributed by atoms with van der Waals surface area (Å²) in [6, 6.07) is 0. The fraction of sp³-hybridized carbons (Fsp3) is 0.789. The lowest BCUT2D eigenvalue weighted by Gasteiger charge is -2.47. The van der Waals surface area contributed by atoms with Crippen molar-refractivity contribution >= 4 is 11.9 Å². The van der Waals surface area contributed by atoms with Gasteiger partial charge in [0.25, 0.3) is 0 Å². The third-order valence-corrected chi connectivity index (χ3v) is 8.39. The Morgan fingerprint density at radius 2 is 2.00 bits per heavy atom. The van der Waals surface area contributed by atoms with Crippen LogP contribution < -0.4 is 0 Å². The number of rotatable bonds is 1. The predicted octanol–water partition coefficient (Wildman–Crippen LogP) is 1.11. The Morgan fingerprint density at radius 3 is 2.68 bits per heavy atom. The highest BCUT2D eigenvalue weighted by Crippen LogP contribution is 2.77. The van der Waals surface area contributed by atoms with Gasteiger partial charge in [-0.3, -0.25) is 9.59 Å². The second kappa shape index (κ2) is 4.29. The number of carbonyl (C=O) groups excluding carboxylic acids is 1. The number of aliphatic hydroxyl groups excluding tert-OH is 2. The van der Waals surface area contributed by atoms with Crippen LogP contribution in [0.25, 0.3) is 0 Å². The highest BCUT2D eigenvalue weighted by molar-refractivity contribution is 5.85. The van der Waals surface area contributed by atoms with E-state index in [4.69, 9.17) is 4.74 Å². The lowest BCUT2D eigenvalue weighted by atomic mass is 9.58. The Bertz CT molecular complexity index is 717. The van der Waals surface area contributed by atoms with E-state index in [-0.39, 0.29) is 12.3 Å². The van der Waals surface area contributed by atoms with Gasteiger partial charge >= 0.3 is 11.9 Å². The summed E-state index contributed by atoms with van der Waals surface area (Å²) < 4.78 is 5.87. The number of ether oxygens (including phenoxy) is 1. The SMILES string of the molecule is C=C1C[C@]23C[C@H]1CC[C@H]2[C@]12OC(=O)[C@@](C)(C[C@@H](O)[C@H]1O)[C@H]2[C@@H]3C(=O)O. The van der Waals surface area contributed by atoms with Crippen molar-refractivity contribution in [2.75, 3.05) is 0 Å². The van der Waals surface area contributed by atoms with Gasteiger partial charge in [-0.25, -0.2) is 0 Å². The van der Waals surface area contributed by atoms with Crippen LogP contribution in [-0.4, -0.2) is 45.1 Å². The fourth-order valence-corrected chi connectivity index (χ4v) is 7.71. The van der Waals surface area contributed by atoms with E-state index in [2.05, 4.69) is 6.58 Å². The van der Waals surface area contributed by atoms with Crippen molar-refractivity contribution in [3.05, 3.63) is 12.2 Å². The summed E-state index contributed by atoms with van der Waals surface area (Å²) in [6.45, 7) is 5.89. The van der Waals surface area contributed by atoms with E-state index in [1.54, 1.807) is 6.92 Å². The molecule has 5 fully saturated rings. The van der Waals surface area contributed by atoms with E-state index in [0.717, 1.165) is 18.4 Å². The standard InChI is InChI=1S/C19H24O6/c1-8-5-18-6-9(8)3-4-11(18)19-13(12(18)15(22)23)17(2,16(24)25-19)7-10(20)14(19)21/h9-14,20-21H,1,3-7H2,2H3,(H,22,23)/t9-,10-,11-,12-,13-,14-,17+,18+,19-/m1/s1. The summed E-state index contributed by atoms with van der Waals surface area (Å²) in [5, 5.41) is 31.6. The molecule has 0 aromatic carbocycles. The van der Waals surface area contributed by atoms with Crippen LogP contribution in [0, 0.1) is 34.5 Å². The number of hydrogen-bond acceptors (Lipinski definition) is 5. The first kappa shape index (κ1) is 15.8. The van der Waals surface area contributed by atoms with Crippen molar-refractivity contribution in [3.63, 3.8) is 0 Å². The molecule has 0 aromatic heterocycles.